The lowest BCUT2D eigenvalue weighted by atomic mass is 9.72. The molecule has 0 bridgehead atoms. The van der Waals surface area contributed by atoms with Crippen molar-refractivity contribution in [1.29, 1.82) is 0 Å². The summed E-state index contributed by atoms with van der Waals surface area (Å²) in [5.41, 5.74) is 1.61. The molecule has 9 nitrogen and oxygen atoms in total. The maximum Gasteiger partial charge on any atom is 0.342 e. The highest BCUT2D eigenvalue weighted by molar-refractivity contribution is 5.96. The summed E-state index contributed by atoms with van der Waals surface area (Å²) in [6.07, 6.45) is 1.63. The molecule has 2 fully saturated rings. The first-order valence-corrected chi connectivity index (χ1v) is 16.0. The monoisotopic (exact) mass is 609 g/mol. The molecule has 2 aliphatic heterocycles. The summed E-state index contributed by atoms with van der Waals surface area (Å²) in [7, 11) is 0. The third-order valence-corrected chi connectivity index (χ3v) is 10.2. The molecule has 9 heteroatoms. The number of aryl methyl sites for hydroxylation is 1. The third kappa shape index (κ3) is 6.90. The molecule has 1 aliphatic carbocycles. The van der Waals surface area contributed by atoms with Crippen molar-refractivity contribution in [2.24, 2.45) is 17.3 Å². The Balaban J connectivity index is 1.23. The minimum absolute atomic E-state index is 0.0160. The molecular weight excluding hydrogens is 562 g/mol. The molecule has 44 heavy (non-hydrogen) atoms. The number of ether oxygens (including phenoxy) is 2. The van der Waals surface area contributed by atoms with Gasteiger partial charge in [-0.1, -0.05) is 51.1 Å². The highest BCUT2D eigenvalue weighted by Gasteiger charge is 2.50. The highest BCUT2D eigenvalue weighted by Crippen LogP contribution is 2.44. The topological polar surface area (TPSA) is 146 Å². The molecule has 5 rings (SSSR count). The summed E-state index contributed by atoms with van der Waals surface area (Å²) in [5.74, 6) is -1.32. The van der Waals surface area contributed by atoms with Crippen molar-refractivity contribution < 1.29 is 39.5 Å². The fraction of sp³-hybridized carbons (Fsp3) is 0.600. The average molecular weight is 610 g/mol. The largest absolute Gasteiger partial charge is 0.508 e. The van der Waals surface area contributed by atoms with Gasteiger partial charge in [0.05, 0.1) is 30.5 Å². The van der Waals surface area contributed by atoms with Gasteiger partial charge in [-0.15, -0.1) is 0 Å². The van der Waals surface area contributed by atoms with E-state index in [4.69, 9.17) is 9.47 Å². The average Bonchev–Trinajstić information content (AvgIpc) is 3.82. The molecule has 1 saturated heterocycles. The van der Waals surface area contributed by atoms with Crippen LogP contribution in [0.5, 0.6) is 11.5 Å². The molecule has 240 valence electrons. The van der Waals surface area contributed by atoms with Gasteiger partial charge in [0, 0.05) is 43.1 Å². The number of phenols is 2. The lowest BCUT2D eigenvalue weighted by Crippen LogP contribution is -2.58. The smallest absolute Gasteiger partial charge is 0.342 e. The number of carbonyl (C=O) groups is 2. The van der Waals surface area contributed by atoms with Crippen molar-refractivity contribution in [3.8, 4) is 11.5 Å². The number of amides is 1. The van der Waals surface area contributed by atoms with E-state index < -0.39 is 41.7 Å². The van der Waals surface area contributed by atoms with E-state index in [1.165, 1.54) is 5.56 Å². The molecule has 3 unspecified atom stereocenters. The predicted octanol–water partition coefficient (Wildman–Crippen LogP) is 4.34. The van der Waals surface area contributed by atoms with E-state index in [2.05, 4.69) is 17.4 Å². The molecule has 2 aromatic carbocycles. The lowest BCUT2D eigenvalue weighted by Gasteiger charge is -2.49. The normalized spacial score (nSPS) is 26.6. The molecule has 3 aliphatic rings. The van der Waals surface area contributed by atoms with Crippen LogP contribution in [0.25, 0.3) is 0 Å². The number of phenolic OH excluding ortho intramolecular Hbond substituents is 2. The molecule has 7 atom stereocenters. The first-order valence-electron chi connectivity index (χ1n) is 16.0. The molecule has 1 saturated carbocycles. The fourth-order valence-corrected chi connectivity index (χ4v) is 6.80. The maximum atomic E-state index is 13.0. The van der Waals surface area contributed by atoms with Gasteiger partial charge in [0.15, 0.2) is 0 Å². The number of aliphatic hydroxyl groups excluding tert-OH is 2. The van der Waals surface area contributed by atoms with Crippen LogP contribution < -0.4 is 5.32 Å². The second-order valence-corrected chi connectivity index (χ2v) is 13.7. The third-order valence-electron chi connectivity index (χ3n) is 10.2. The summed E-state index contributed by atoms with van der Waals surface area (Å²) in [4.78, 5) is 25.8. The molecule has 0 spiro atoms. The Morgan fingerprint density at radius 1 is 1.11 bits per heavy atom. The first-order chi connectivity index (χ1) is 20.9. The number of cyclic esters (lactones) is 1. The Hall–Kier alpha value is -3.14. The van der Waals surface area contributed by atoms with Crippen LogP contribution in [0.4, 0.5) is 0 Å². The Bertz CT molecular complexity index is 1340. The van der Waals surface area contributed by atoms with E-state index in [-0.39, 0.29) is 48.0 Å². The van der Waals surface area contributed by atoms with Gasteiger partial charge in [-0.2, -0.15) is 0 Å². The number of nitrogens with one attached hydrogen (secondary N) is 1. The number of hydrogen-bond donors (Lipinski definition) is 5. The zero-order valence-electron chi connectivity index (χ0n) is 26.2. The van der Waals surface area contributed by atoms with Gasteiger partial charge in [0.2, 0.25) is 5.91 Å². The number of hydrogen-bond acceptors (Lipinski definition) is 8. The summed E-state index contributed by atoms with van der Waals surface area (Å²) < 4.78 is 12.3. The fourth-order valence-electron chi connectivity index (χ4n) is 6.80. The van der Waals surface area contributed by atoms with Gasteiger partial charge in [-0.05, 0) is 55.2 Å². The van der Waals surface area contributed by atoms with Crippen molar-refractivity contribution in [2.45, 2.75) is 116 Å². The molecule has 1 amide bonds. The van der Waals surface area contributed by atoms with Gasteiger partial charge in [0.1, 0.15) is 23.2 Å². The number of fused-ring (bicyclic) bond motifs is 1. The maximum absolute atomic E-state index is 13.0. The van der Waals surface area contributed by atoms with Gasteiger partial charge in [0.25, 0.3) is 0 Å². The second-order valence-electron chi connectivity index (χ2n) is 13.7. The highest BCUT2D eigenvalue weighted by atomic mass is 16.5. The number of rotatable bonds is 11. The first kappa shape index (κ1) is 32.3. The van der Waals surface area contributed by atoms with Gasteiger partial charge < -0.3 is 35.2 Å². The zero-order chi connectivity index (χ0) is 31.8. The van der Waals surface area contributed by atoms with E-state index in [1.54, 1.807) is 13.8 Å². The van der Waals surface area contributed by atoms with Crippen LogP contribution in [0.2, 0.25) is 0 Å². The number of benzene rings is 2. The molecule has 5 N–H and O–H groups in total. The minimum atomic E-state index is -0.928. The van der Waals surface area contributed by atoms with Gasteiger partial charge >= 0.3 is 5.97 Å². The Morgan fingerprint density at radius 2 is 1.82 bits per heavy atom. The molecule has 2 aromatic rings. The van der Waals surface area contributed by atoms with Crippen LogP contribution in [0.3, 0.4) is 0 Å². The summed E-state index contributed by atoms with van der Waals surface area (Å²) in [5, 5.41) is 46.4. The van der Waals surface area contributed by atoms with E-state index in [1.807, 2.05) is 32.0 Å². The van der Waals surface area contributed by atoms with Crippen molar-refractivity contribution in [1.82, 2.24) is 5.32 Å². The minimum Gasteiger partial charge on any atom is -0.508 e. The van der Waals surface area contributed by atoms with Gasteiger partial charge in [-0.25, -0.2) is 4.79 Å². The van der Waals surface area contributed by atoms with E-state index in [0.29, 0.717) is 29.9 Å². The standard InChI is InChI=1S/C35H47NO8/c1-19-23-15-27(44-34(42)32(23)26(39)16-24(19)37)20(2)25(38)17-30-35(3,4)29(40)18-28(43-30)33(22-13-14-22)36-31(41)12-8-11-21-9-6-5-7-10-21/h5-7,9-10,16,20,22,25,27-30,33,37-40H,8,11-15,17-18H2,1-4H3,(H,36,41)/t20-,25+,27-,28+,29?,30?,33?/m1/s1. The second kappa shape index (κ2) is 13.1. The Kier molecular flexibility index (Phi) is 9.58. The van der Waals surface area contributed by atoms with Gasteiger partial charge in [-0.3, -0.25) is 4.79 Å². The van der Waals surface area contributed by atoms with Crippen LogP contribution in [0, 0.1) is 24.2 Å². The van der Waals surface area contributed by atoms with E-state index in [0.717, 1.165) is 31.7 Å². The van der Waals surface area contributed by atoms with Crippen molar-refractivity contribution in [2.75, 3.05) is 0 Å². The van der Waals surface area contributed by atoms with Crippen LogP contribution in [0.15, 0.2) is 36.4 Å². The molecule has 0 aromatic heterocycles. The van der Waals surface area contributed by atoms with E-state index >= 15 is 0 Å². The van der Waals surface area contributed by atoms with Crippen LogP contribution in [-0.4, -0.2) is 68.9 Å². The molecule has 2 heterocycles. The van der Waals surface area contributed by atoms with Crippen molar-refractivity contribution in [3.63, 3.8) is 0 Å². The molecule has 0 radical (unpaired) electrons. The SMILES string of the molecule is Cc1c(O)cc(O)c2c1C[C@H]([C@H](C)[C@@H](O)CC1O[C@H](C(NC(=O)CCCc3ccccc3)C3CC3)CC(O)C1(C)C)OC2=O. The van der Waals surface area contributed by atoms with E-state index in [9.17, 15) is 30.0 Å². The van der Waals surface area contributed by atoms with Crippen molar-refractivity contribution >= 4 is 11.9 Å². The Morgan fingerprint density at radius 3 is 2.50 bits per heavy atom. The summed E-state index contributed by atoms with van der Waals surface area (Å²) in [6, 6.07) is 11.0. The quantitative estimate of drug-likeness (QED) is 0.237. The molecular formula is C35H47NO8. The van der Waals surface area contributed by atoms with Crippen LogP contribution in [0.1, 0.15) is 86.3 Å². The Labute approximate surface area is 259 Å². The number of esters is 1. The predicted molar refractivity (Wildman–Crippen MR) is 164 cm³/mol. The summed E-state index contributed by atoms with van der Waals surface area (Å²) in [6.45, 7) is 7.34. The van der Waals surface area contributed by atoms with Crippen molar-refractivity contribution in [3.05, 3.63) is 58.7 Å². The van der Waals surface area contributed by atoms with Crippen LogP contribution >= 0.6 is 0 Å². The van der Waals surface area contributed by atoms with Crippen LogP contribution in [-0.2, 0) is 27.1 Å². The zero-order valence-corrected chi connectivity index (χ0v) is 26.2. The lowest BCUT2D eigenvalue weighted by molar-refractivity contribution is -0.195. The number of carbonyl (C=O) groups excluding carboxylic acids is 2. The number of aromatic hydroxyl groups is 2. The summed E-state index contributed by atoms with van der Waals surface area (Å²) >= 11 is 0. The number of aliphatic hydroxyl groups is 2.